The Hall–Kier alpha value is -1.82. The van der Waals surface area contributed by atoms with Crippen molar-refractivity contribution in [2.75, 3.05) is 26.2 Å². The highest BCUT2D eigenvalue weighted by molar-refractivity contribution is 5.92. The summed E-state index contributed by atoms with van der Waals surface area (Å²) in [5.74, 6) is 0.564. The number of likely N-dealkylation sites (tertiary alicyclic amines) is 2. The number of hydrogen-bond donors (Lipinski definition) is 1. The van der Waals surface area contributed by atoms with Gasteiger partial charge in [-0.3, -0.25) is 9.59 Å². The van der Waals surface area contributed by atoms with Crippen molar-refractivity contribution in [3.8, 4) is 0 Å². The Balaban J connectivity index is 1.69. The third-order valence-corrected chi connectivity index (χ3v) is 4.22. The van der Waals surface area contributed by atoms with Gasteiger partial charge in [-0.05, 0) is 18.6 Å². The van der Waals surface area contributed by atoms with E-state index in [1.54, 1.807) is 17.0 Å². The zero-order valence-corrected chi connectivity index (χ0v) is 11.2. The number of amides is 2. The van der Waals surface area contributed by atoms with Crippen molar-refractivity contribution >= 4 is 11.8 Å². The molecule has 20 heavy (non-hydrogen) atoms. The molecule has 1 aromatic heterocycles. The third-order valence-electron chi connectivity index (χ3n) is 4.22. The summed E-state index contributed by atoms with van der Waals surface area (Å²) in [5, 5.41) is 8.84. The van der Waals surface area contributed by atoms with Gasteiger partial charge in [0.1, 0.15) is 0 Å². The van der Waals surface area contributed by atoms with E-state index in [0.717, 1.165) is 13.0 Å². The van der Waals surface area contributed by atoms with E-state index < -0.39 is 0 Å². The molecule has 2 atom stereocenters. The van der Waals surface area contributed by atoms with Crippen LogP contribution in [0.5, 0.6) is 0 Å². The van der Waals surface area contributed by atoms with Crippen LogP contribution in [0.4, 0.5) is 0 Å². The fourth-order valence-corrected chi connectivity index (χ4v) is 3.21. The highest BCUT2D eigenvalue weighted by atomic mass is 16.3. The molecule has 6 nitrogen and oxygen atoms in total. The molecule has 1 aromatic rings. The van der Waals surface area contributed by atoms with Crippen LogP contribution in [0.2, 0.25) is 0 Å². The summed E-state index contributed by atoms with van der Waals surface area (Å²) in [6.45, 7) is 1.85. The van der Waals surface area contributed by atoms with E-state index in [2.05, 4.69) is 0 Å². The molecule has 2 saturated heterocycles. The molecule has 0 aromatic carbocycles. The maximum absolute atomic E-state index is 12.3. The number of aliphatic hydroxyl groups excluding tert-OH is 1. The summed E-state index contributed by atoms with van der Waals surface area (Å²) < 4.78 is 5.16. The number of aliphatic hydroxyl groups is 1. The van der Waals surface area contributed by atoms with Crippen molar-refractivity contribution < 1.29 is 19.1 Å². The van der Waals surface area contributed by atoms with Crippen molar-refractivity contribution in [3.63, 3.8) is 0 Å². The Bertz CT molecular complexity index is 499. The molecule has 0 spiro atoms. The van der Waals surface area contributed by atoms with Gasteiger partial charge in [0.2, 0.25) is 5.91 Å². The highest BCUT2D eigenvalue weighted by Gasteiger charge is 2.45. The Morgan fingerprint density at radius 3 is 2.95 bits per heavy atom. The SMILES string of the molecule is O=C(CCO)N1C[C@@H]2CCN(C(=O)c3ccco3)[C@@H]2C1. The second kappa shape index (κ2) is 5.28. The predicted octanol–water partition coefficient (Wildman–Crippen LogP) is 0.335. The summed E-state index contributed by atoms with van der Waals surface area (Å²) in [6.07, 6.45) is 2.57. The molecule has 3 heterocycles. The fourth-order valence-electron chi connectivity index (χ4n) is 3.21. The molecule has 0 saturated carbocycles. The lowest BCUT2D eigenvalue weighted by Crippen LogP contribution is -2.40. The second-order valence-corrected chi connectivity index (χ2v) is 5.36. The average molecular weight is 278 g/mol. The molecule has 6 heteroatoms. The third kappa shape index (κ3) is 2.20. The van der Waals surface area contributed by atoms with Crippen molar-refractivity contribution in [1.82, 2.24) is 9.80 Å². The van der Waals surface area contributed by atoms with Gasteiger partial charge in [0, 0.05) is 32.0 Å². The summed E-state index contributed by atoms with van der Waals surface area (Å²) >= 11 is 0. The molecule has 0 unspecified atom stereocenters. The highest BCUT2D eigenvalue weighted by Crippen LogP contribution is 2.32. The first-order valence-corrected chi connectivity index (χ1v) is 6.94. The van der Waals surface area contributed by atoms with Crippen LogP contribution in [0.15, 0.2) is 22.8 Å². The number of nitrogens with zero attached hydrogens (tertiary/aromatic N) is 2. The normalized spacial score (nSPS) is 25.1. The first-order valence-electron chi connectivity index (χ1n) is 6.94. The maximum atomic E-state index is 12.3. The van der Waals surface area contributed by atoms with Crippen LogP contribution in [0.1, 0.15) is 23.4 Å². The van der Waals surface area contributed by atoms with Gasteiger partial charge in [-0.1, -0.05) is 0 Å². The van der Waals surface area contributed by atoms with E-state index in [1.165, 1.54) is 6.26 Å². The van der Waals surface area contributed by atoms with E-state index in [1.807, 2.05) is 4.90 Å². The van der Waals surface area contributed by atoms with Gasteiger partial charge in [0.15, 0.2) is 5.76 Å². The van der Waals surface area contributed by atoms with E-state index in [9.17, 15) is 9.59 Å². The molecule has 0 bridgehead atoms. The predicted molar refractivity (Wildman–Crippen MR) is 69.9 cm³/mol. The fraction of sp³-hybridized carbons (Fsp3) is 0.571. The van der Waals surface area contributed by atoms with Crippen LogP contribution in [-0.4, -0.2) is 59.0 Å². The zero-order chi connectivity index (χ0) is 14.1. The van der Waals surface area contributed by atoms with Gasteiger partial charge in [-0.15, -0.1) is 0 Å². The van der Waals surface area contributed by atoms with Crippen molar-refractivity contribution in [2.24, 2.45) is 5.92 Å². The smallest absolute Gasteiger partial charge is 0.289 e. The van der Waals surface area contributed by atoms with Crippen molar-refractivity contribution in [3.05, 3.63) is 24.2 Å². The van der Waals surface area contributed by atoms with E-state index >= 15 is 0 Å². The number of carbonyl (C=O) groups excluding carboxylic acids is 2. The standard InChI is InChI=1S/C14H18N2O4/c17-6-4-13(18)15-8-10-3-5-16(11(10)9-15)14(19)12-2-1-7-20-12/h1-2,7,10-11,17H,3-6,8-9H2/t10-,11+/m0/s1. The van der Waals surface area contributed by atoms with Gasteiger partial charge in [0.05, 0.1) is 18.9 Å². The molecule has 0 radical (unpaired) electrons. The molecular weight excluding hydrogens is 260 g/mol. The second-order valence-electron chi connectivity index (χ2n) is 5.36. The number of rotatable bonds is 3. The lowest BCUT2D eigenvalue weighted by Gasteiger charge is -2.24. The number of carbonyl (C=O) groups is 2. The Morgan fingerprint density at radius 1 is 1.40 bits per heavy atom. The molecule has 3 rings (SSSR count). The minimum Gasteiger partial charge on any atom is -0.459 e. The zero-order valence-electron chi connectivity index (χ0n) is 11.2. The molecule has 1 N–H and O–H groups in total. The van der Waals surface area contributed by atoms with Gasteiger partial charge >= 0.3 is 0 Å². The molecule has 2 aliphatic heterocycles. The largest absolute Gasteiger partial charge is 0.459 e. The minimum absolute atomic E-state index is 0.0349. The van der Waals surface area contributed by atoms with E-state index in [0.29, 0.717) is 24.8 Å². The quantitative estimate of drug-likeness (QED) is 0.865. The first-order chi connectivity index (χ1) is 9.70. The summed E-state index contributed by atoms with van der Waals surface area (Å²) in [4.78, 5) is 27.7. The van der Waals surface area contributed by atoms with E-state index in [4.69, 9.17) is 9.52 Å². The number of fused-ring (bicyclic) bond motifs is 1. The molecule has 0 aliphatic carbocycles. The number of furan rings is 1. The monoisotopic (exact) mass is 278 g/mol. The maximum Gasteiger partial charge on any atom is 0.289 e. The van der Waals surface area contributed by atoms with Crippen LogP contribution >= 0.6 is 0 Å². The number of hydrogen-bond acceptors (Lipinski definition) is 4. The Morgan fingerprint density at radius 2 is 2.25 bits per heavy atom. The van der Waals surface area contributed by atoms with Gasteiger partial charge in [-0.2, -0.15) is 0 Å². The topological polar surface area (TPSA) is 74.0 Å². The first kappa shape index (κ1) is 13.2. The summed E-state index contributed by atoms with van der Waals surface area (Å²) in [6, 6.07) is 3.45. The van der Waals surface area contributed by atoms with Gasteiger partial charge in [-0.25, -0.2) is 0 Å². The van der Waals surface area contributed by atoms with E-state index in [-0.39, 0.29) is 30.9 Å². The average Bonchev–Trinajstić information content (AvgIpc) is 3.14. The molecular formula is C14H18N2O4. The lowest BCUT2D eigenvalue weighted by molar-refractivity contribution is -0.131. The van der Waals surface area contributed by atoms with Crippen LogP contribution in [-0.2, 0) is 4.79 Å². The van der Waals surface area contributed by atoms with Gasteiger partial charge < -0.3 is 19.3 Å². The molecule has 108 valence electrons. The van der Waals surface area contributed by atoms with Crippen LogP contribution in [0.3, 0.4) is 0 Å². The van der Waals surface area contributed by atoms with Crippen molar-refractivity contribution in [1.29, 1.82) is 0 Å². The summed E-state index contributed by atoms with van der Waals surface area (Å²) in [7, 11) is 0. The Labute approximate surface area is 117 Å². The molecule has 2 fully saturated rings. The van der Waals surface area contributed by atoms with Crippen LogP contribution in [0.25, 0.3) is 0 Å². The molecule has 2 aliphatic rings. The molecule has 2 amide bonds. The van der Waals surface area contributed by atoms with Crippen LogP contribution < -0.4 is 0 Å². The van der Waals surface area contributed by atoms with Crippen LogP contribution in [0, 0.1) is 5.92 Å². The van der Waals surface area contributed by atoms with Crippen molar-refractivity contribution in [2.45, 2.75) is 18.9 Å². The summed E-state index contributed by atoms with van der Waals surface area (Å²) in [5.41, 5.74) is 0. The lowest BCUT2D eigenvalue weighted by atomic mass is 10.1. The Kier molecular flexibility index (Phi) is 3.48. The van der Waals surface area contributed by atoms with Gasteiger partial charge in [0.25, 0.3) is 5.91 Å². The minimum atomic E-state index is -0.125.